The van der Waals surface area contributed by atoms with Gasteiger partial charge in [0.15, 0.2) is 0 Å². The van der Waals surface area contributed by atoms with Crippen LogP contribution in [0.4, 0.5) is 0 Å². The Hall–Kier alpha value is -0.420. The van der Waals surface area contributed by atoms with E-state index in [1.807, 2.05) is 6.92 Å². The Morgan fingerprint density at radius 3 is 2.94 bits per heavy atom. The van der Waals surface area contributed by atoms with E-state index in [0.29, 0.717) is 12.6 Å². The van der Waals surface area contributed by atoms with E-state index in [1.165, 1.54) is 4.88 Å². The summed E-state index contributed by atoms with van der Waals surface area (Å²) in [6, 6.07) is 4.65. The number of rotatable bonds is 8. The lowest BCUT2D eigenvalue weighted by atomic mass is 9.85. The van der Waals surface area contributed by atoms with Gasteiger partial charge in [-0.3, -0.25) is 0 Å². The van der Waals surface area contributed by atoms with Gasteiger partial charge in [0.2, 0.25) is 0 Å². The number of hydrogen-bond acceptors (Lipinski definition) is 4. The Bertz CT molecular complexity index is 329. The van der Waals surface area contributed by atoms with Gasteiger partial charge in [-0.2, -0.15) is 0 Å². The van der Waals surface area contributed by atoms with Gasteiger partial charge in [-0.05, 0) is 37.8 Å². The van der Waals surface area contributed by atoms with Gasteiger partial charge in [0, 0.05) is 17.5 Å². The Morgan fingerprint density at radius 2 is 2.28 bits per heavy atom. The molecule has 0 radical (unpaired) electrons. The third-order valence-electron chi connectivity index (χ3n) is 3.28. The average Bonchev–Trinajstić information content (AvgIpc) is 2.87. The van der Waals surface area contributed by atoms with E-state index in [0.717, 1.165) is 26.0 Å². The quantitative estimate of drug-likeness (QED) is 0.787. The highest BCUT2D eigenvalue weighted by Gasteiger charge is 2.42. The van der Waals surface area contributed by atoms with E-state index >= 15 is 0 Å². The zero-order chi connectivity index (χ0) is 12.8. The van der Waals surface area contributed by atoms with Crippen molar-refractivity contribution in [1.29, 1.82) is 0 Å². The zero-order valence-electron chi connectivity index (χ0n) is 11.2. The molecule has 1 heterocycles. The van der Waals surface area contributed by atoms with Crippen LogP contribution in [0.25, 0.3) is 0 Å². The summed E-state index contributed by atoms with van der Waals surface area (Å²) in [7, 11) is 0. The van der Waals surface area contributed by atoms with Gasteiger partial charge in [-0.15, -0.1) is 11.3 Å². The third kappa shape index (κ3) is 3.54. The van der Waals surface area contributed by atoms with E-state index in [1.54, 1.807) is 11.3 Å². The van der Waals surface area contributed by atoms with Crippen LogP contribution in [0.15, 0.2) is 17.5 Å². The van der Waals surface area contributed by atoms with Crippen molar-refractivity contribution >= 4 is 11.3 Å². The molecule has 1 aliphatic carbocycles. The minimum absolute atomic E-state index is 0.224. The maximum atomic E-state index is 5.94. The highest BCUT2D eigenvalue weighted by molar-refractivity contribution is 7.09. The minimum Gasteiger partial charge on any atom is -0.374 e. The molecule has 0 aliphatic heterocycles. The molecule has 0 aromatic carbocycles. The largest absolute Gasteiger partial charge is 0.374 e. The molecule has 0 bridgehead atoms. The average molecular weight is 269 g/mol. The van der Waals surface area contributed by atoms with Crippen LogP contribution in [-0.4, -0.2) is 31.4 Å². The lowest BCUT2D eigenvalue weighted by Crippen LogP contribution is -2.60. The molecular formula is C14H23NO2S. The highest BCUT2D eigenvalue weighted by Crippen LogP contribution is 2.28. The fraction of sp³-hybridized carbons (Fsp3) is 0.714. The number of ether oxygens (including phenoxy) is 2. The van der Waals surface area contributed by atoms with Crippen molar-refractivity contribution in [2.75, 3.05) is 13.2 Å². The Balaban J connectivity index is 1.75. The lowest BCUT2D eigenvalue weighted by Gasteiger charge is -2.44. The summed E-state index contributed by atoms with van der Waals surface area (Å²) in [5.74, 6) is 0. The molecule has 18 heavy (non-hydrogen) atoms. The van der Waals surface area contributed by atoms with Crippen LogP contribution < -0.4 is 5.32 Å². The maximum absolute atomic E-state index is 5.94. The summed E-state index contributed by atoms with van der Waals surface area (Å²) < 4.78 is 11.7. The Kier molecular flexibility index (Phi) is 5.63. The maximum Gasteiger partial charge on any atom is 0.0990 e. The van der Waals surface area contributed by atoms with E-state index < -0.39 is 0 Å². The Labute approximate surface area is 113 Å². The van der Waals surface area contributed by atoms with Crippen molar-refractivity contribution in [3.8, 4) is 0 Å². The molecule has 1 saturated carbocycles. The molecular weight excluding hydrogens is 246 g/mol. The predicted octanol–water partition coefficient (Wildman–Crippen LogP) is 2.81. The second-order valence-corrected chi connectivity index (χ2v) is 5.68. The van der Waals surface area contributed by atoms with Gasteiger partial charge in [0.1, 0.15) is 0 Å². The second-order valence-electron chi connectivity index (χ2n) is 4.65. The smallest absolute Gasteiger partial charge is 0.0990 e. The van der Waals surface area contributed by atoms with Crippen LogP contribution >= 0.6 is 11.3 Å². The molecule has 4 heteroatoms. The lowest BCUT2D eigenvalue weighted by molar-refractivity contribution is -0.149. The minimum atomic E-state index is 0.224. The molecule has 3 atom stereocenters. The van der Waals surface area contributed by atoms with Gasteiger partial charge in [0.25, 0.3) is 0 Å². The fourth-order valence-corrected chi connectivity index (χ4v) is 2.90. The van der Waals surface area contributed by atoms with Crippen molar-refractivity contribution in [1.82, 2.24) is 5.32 Å². The summed E-state index contributed by atoms with van der Waals surface area (Å²) in [4.78, 5) is 1.29. The van der Waals surface area contributed by atoms with Crippen LogP contribution in [-0.2, 0) is 16.1 Å². The van der Waals surface area contributed by atoms with Crippen molar-refractivity contribution in [3.05, 3.63) is 22.4 Å². The second kappa shape index (κ2) is 7.24. The summed E-state index contributed by atoms with van der Waals surface area (Å²) in [5, 5.41) is 5.61. The topological polar surface area (TPSA) is 30.5 Å². The first-order chi connectivity index (χ1) is 8.85. The van der Waals surface area contributed by atoms with Gasteiger partial charge in [-0.25, -0.2) is 0 Å². The highest BCUT2D eigenvalue weighted by atomic mass is 32.1. The van der Waals surface area contributed by atoms with E-state index in [2.05, 4.69) is 29.8 Å². The van der Waals surface area contributed by atoms with Gasteiger partial charge >= 0.3 is 0 Å². The van der Waals surface area contributed by atoms with Crippen LogP contribution in [0, 0.1) is 0 Å². The van der Waals surface area contributed by atoms with Crippen LogP contribution in [0.3, 0.4) is 0 Å². The van der Waals surface area contributed by atoms with Crippen molar-refractivity contribution in [2.24, 2.45) is 0 Å². The number of nitrogens with one attached hydrogen (secondary N) is 1. The summed E-state index contributed by atoms with van der Waals surface area (Å²) in [6.45, 7) is 6.77. The number of thiophene rings is 1. The first kappa shape index (κ1) is 14.0. The third-order valence-corrected chi connectivity index (χ3v) is 4.13. The summed E-state index contributed by atoms with van der Waals surface area (Å²) in [5.41, 5.74) is 0. The molecule has 1 aromatic heterocycles. The monoisotopic (exact) mass is 269 g/mol. The van der Waals surface area contributed by atoms with Gasteiger partial charge < -0.3 is 14.8 Å². The summed E-state index contributed by atoms with van der Waals surface area (Å²) >= 11 is 1.75. The summed E-state index contributed by atoms with van der Waals surface area (Å²) in [6.07, 6.45) is 2.70. The van der Waals surface area contributed by atoms with Crippen molar-refractivity contribution in [2.45, 2.75) is 51.5 Å². The molecule has 1 N–H and O–H groups in total. The van der Waals surface area contributed by atoms with Gasteiger partial charge in [-0.1, -0.05) is 13.0 Å². The molecule has 102 valence electrons. The molecule has 1 aliphatic rings. The molecule has 3 unspecified atom stereocenters. The predicted molar refractivity (Wildman–Crippen MR) is 75.0 cm³/mol. The van der Waals surface area contributed by atoms with E-state index in [9.17, 15) is 0 Å². The molecule has 1 aromatic rings. The molecule has 3 nitrogen and oxygen atoms in total. The van der Waals surface area contributed by atoms with Crippen molar-refractivity contribution in [3.63, 3.8) is 0 Å². The normalized spacial score (nSPS) is 27.1. The fourth-order valence-electron chi connectivity index (χ4n) is 2.27. The molecule has 0 spiro atoms. The van der Waals surface area contributed by atoms with Gasteiger partial charge in [0.05, 0.1) is 18.8 Å². The first-order valence-electron chi connectivity index (χ1n) is 6.84. The van der Waals surface area contributed by atoms with E-state index in [-0.39, 0.29) is 12.2 Å². The number of hydrogen-bond donors (Lipinski definition) is 1. The SMILES string of the molecule is CCCNC1CC(OCc2cccs2)C1OCC. The molecule has 2 rings (SSSR count). The molecule has 0 amide bonds. The van der Waals surface area contributed by atoms with Crippen LogP contribution in [0.1, 0.15) is 31.6 Å². The first-order valence-corrected chi connectivity index (χ1v) is 7.72. The molecule has 0 saturated heterocycles. The zero-order valence-corrected chi connectivity index (χ0v) is 12.0. The molecule has 1 fully saturated rings. The standard InChI is InChI=1S/C14H23NO2S/c1-3-7-15-12-9-13(14(12)16-4-2)17-10-11-6-5-8-18-11/h5-6,8,12-15H,3-4,7,9-10H2,1-2H3. The Morgan fingerprint density at radius 1 is 1.39 bits per heavy atom. The van der Waals surface area contributed by atoms with Crippen LogP contribution in [0.2, 0.25) is 0 Å². The van der Waals surface area contributed by atoms with Crippen LogP contribution in [0.5, 0.6) is 0 Å². The van der Waals surface area contributed by atoms with E-state index in [4.69, 9.17) is 9.47 Å². The van der Waals surface area contributed by atoms with Crippen molar-refractivity contribution < 1.29 is 9.47 Å².